The number of likely N-dealkylation sites (tertiary alicyclic amines) is 1. The Balaban J connectivity index is 1.73. The SMILES string of the molecule is Cc1cc(OC2CCN(C(=O)OC(C)(C)C)CC2)ccc1N(CC=Cc1cccc(C#N)c1)S(=O)(=O)CC(=O)O. The molecule has 1 aliphatic heterocycles. The van der Waals surface area contributed by atoms with E-state index in [1.54, 1.807) is 66.4 Å². The van der Waals surface area contributed by atoms with Crippen LogP contribution in [-0.4, -0.2) is 67.6 Å². The summed E-state index contributed by atoms with van der Waals surface area (Å²) < 4.78 is 38.6. The Bertz CT molecular complexity index is 1400. The zero-order valence-corrected chi connectivity index (χ0v) is 24.0. The normalized spacial score (nSPS) is 14.5. The van der Waals surface area contributed by atoms with E-state index >= 15 is 0 Å². The standard InChI is InChI=1S/C29H35N3O7S/c1-21-17-25(38-24-12-15-31(16-13-24)28(35)39-29(2,3)4)10-11-26(21)32(40(36,37)20-27(33)34)14-6-9-22-7-5-8-23(18-22)19-30/h5-11,17-18,24H,12-16,20H2,1-4H3,(H,33,34). The second-order valence-electron chi connectivity index (χ2n) is 10.6. The molecule has 1 saturated heterocycles. The van der Waals surface area contributed by atoms with Crippen molar-refractivity contribution >= 4 is 33.8 Å². The van der Waals surface area contributed by atoms with Crippen molar-refractivity contribution in [2.24, 2.45) is 0 Å². The van der Waals surface area contributed by atoms with Gasteiger partial charge in [-0.1, -0.05) is 24.3 Å². The number of sulfonamides is 1. The molecule has 11 heteroatoms. The molecule has 0 aliphatic carbocycles. The molecule has 2 aromatic rings. The van der Waals surface area contributed by atoms with Crippen LogP contribution in [0.15, 0.2) is 48.5 Å². The third kappa shape index (κ3) is 8.74. The van der Waals surface area contributed by atoms with Crippen LogP contribution in [0.1, 0.15) is 50.3 Å². The molecule has 0 atom stereocenters. The quantitative estimate of drug-likeness (QED) is 0.463. The van der Waals surface area contributed by atoms with Crippen molar-refractivity contribution in [2.75, 3.05) is 29.7 Å². The smallest absolute Gasteiger partial charge is 0.410 e. The first-order valence-corrected chi connectivity index (χ1v) is 14.5. The van der Waals surface area contributed by atoms with E-state index in [9.17, 15) is 23.1 Å². The Kier molecular flexibility index (Phi) is 9.82. The number of carbonyl (C=O) groups is 2. The van der Waals surface area contributed by atoms with Crippen molar-refractivity contribution in [3.63, 3.8) is 0 Å². The molecular formula is C29H35N3O7S. The molecule has 0 spiro atoms. The highest BCUT2D eigenvalue weighted by Crippen LogP contribution is 2.29. The second kappa shape index (κ2) is 12.9. The first kappa shape index (κ1) is 30.5. The zero-order chi connectivity index (χ0) is 29.5. The lowest BCUT2D eigenvalue weighted by Gasteiger charge is -2.33. The van der Waals surface area contributed by atoms with Gasteiger partial charge in [0.05, 0.1) is 23.9 Å². The Hall–Kier alpha value is -4.04. The number of carboxylic acid groups (broad SMARTS) is 1. The maximum Gasteiger partial charge on any atom is 0.410 e. The molecule has 1 fully saturated rings. The molecule has 2 aromatic carbocycles. The number of nitriles is 1. The molecule has 40 heavy (non-hydrogen) atoms. The molecule has 0 radical (unpaired) electrons. The lowest BCUT2D eigenvalue weighted by molar-refractivity contribution is -0.134. The van der Waals surface area contributed by atoms with Crippen LogP contribution in [0.25, 0.3) is 6.08 Å². The van der Waals surface area contributed by atoms with Crippen LogP contribution in [0.2, 0.25) is 0 Å². The van der Waals surface area contributed by atoms with Gasteiger partial charge in [-0.25, -0.2) is 13.2 Å². The summed E-state index contributed by atoms with van der Waals surface area (Å²) in [5.41, 5.74) is 1.56. The van der Waals surface area contributed by atoms with Crippen molar-refractivity contribution in [3.8, 4) is 11.8 Å². The summed E-state index contributed by atoms with van der Waals surface area (Å²) >= 11 is 0. The first-order chi connectivity index (χ1) is 18.8. The van der Waals surface area contributed by atoms with Gasteiger partial charge >= 0.3 is 12.1 Å². The number of amides is 1. The van der Waals surface area contributed by atoms with Crippen molar-refractivity contribution in [2.45, 2.75) is 52.2 Å². The molecule has 1 N–H and O–H groups in total. The van der Waals surface area contributed by atoms with Crippen molar-refractivity contribution in [1.29, 1.82) is 5.26 Å². The number of carbonyl (C=O) groups excluding carboxylic acids is 1. The van der Waals surface area contributed by atoms with E-state index in [4.69, 9.17) is 14.7 Å². The molecule has 1 amide bonds. The summed E-state index contributed by atoms with van der Waals surface area (Å²) in [5, 5.41) is 18.3. The summed E-state index contributed by atoms with van der Waals surface area (Å²) in [4.78, 5) is 25.3. The second-order valence-corrected chi connectivity index (χ2v) is 12.4. The Labute approximate surface area is 235 Å². The van der Waals surface area contributed by atoms with Gasteiger partial charge < -0.3 is 19.5 Å². The van der Waals surface area contributed by atoms with Gasteiger partial charge in [0.1, 0.15) is 17.5 Å². The van der Waals surface area contributed by atoms with E-state index in [2.05, 4.69) is 6.07 Å². The van der Waals surface area contributed by atoms with Crippen LogP contribution >= 0.6 is 0 Å². The summed E-state index contributed by atoms with van der Waals surface area (Å²) in [6, 6.07) is 13.9. The van der Waals surface area contributed by atoms with Gasteiger partial charge in [0.25, 0.3) is 0 Å². The van der Waals surface area contributed by atoms with Crippen LogP contribution < -0.4 is 9.04 Å². The Morgan fingerprint density at radius 1 is 1.18 bits per heavy atom. The van der Waals surface area contributed by atoms with Gasteiger partial charge in [-0.15, -0.1) is 0 Å². The number of anilines is 1. The van der Waals surface area contributed by atoms with E-state index in [0.717, 1.165) is 4.31 Å². The zero-order valence-electron chi connectivity index (χ0n) is 23.2. The van der Waals surface area contributed by atoms with Crippen LogP contribution in [0, 0.1) is 18.3 Å². The summed E-state index contributed by atoms with van der Waals surface area (Å²) in [6.07, 6.45) is 4.07. The molecule has 10 nitrogen and oxygen atoms in total. The molecule has 214 valence electrons. The van der Waals surface area contributed by atoms with Crippen LogP contribution in [-0.2, 0) is 19.6 Å². The van der Waals surface area contributed by atoms with Crippen molar-refractivity contribution in [3.05, 3.63) is 65.2 Å². The topological polar surface area (TPSA) is 137 Å². The molecule has 0 aromatic heterocycles. The van der Waals surface area contributed by atoms with Crippen molar-refractivity contribution < 1.29 is 32.6 Å². The summed E-state index contributed by atoms with van der Waals surface area (Å²) in [5.74, 6) is -1.96. The highest BCUT2D eigenvalue weighted by Gasteiger charge is 2.29. The number of aryl methyl sites for hydroxylation is 1. The first-order valence-electron chi connectivity index (χ1n) is 12.9. The number of piperidine rings is 1. The maximum atomic E-state index is 13.0. The fraction of sp³-hybridized carbons (Fsp3) is 0.414. The van der Waals surface area contributed by atoms with E-state index in [0.29, 0.717) is 54.1 Å². The lowest BCUT2D eigenvalue weighted by atomic mass is 10.1. The minimum atomic E-state index is -4.19. The molecule has 1 heterocycles. The number of hydrogen-bond acceptors (Lipinski definition) is 7. The number of carboxylic acids is 1. The average Bonchev–Trinajstić information content (AvgIpc) is 2.86. The number of aliphatic carboxylic acids is 1. The molecule has 0 unspecified atom stereocenters. The molecular weight excluding hydrogens is 534 g/mol. The monoisotopic (exact) mass is 569 g/mol. The average molecular weight is 570 g/mol. The maximum absolute atomic E-state index is 13.0. The van der Waals surface area contributed by atoms with Gasteiger partial charge in [0, 0.05) is 25.9 Å². The number of ether oxygens (including phenoxy) is 2. The fourth-order valence-electron chi connectivity index (χ4n) is 4.25. The van der Waals surface area contributed by atoms with Crippen LogP contribution in [0.5, 0.6) is 5.75 Å². The Morgan fingerprint density at radius 3 is 2.48 bits per heavy atom. The van der Waals surface area contributed by atoms with Crippen molar-refractivity contribution in [1.82, 2.24) is 4.90 Å². The summed E-state index contributed by atoms with van der Waals surface area (Å²) in [6.45, 7) is 8.11. The third-order valence-electron chi connectivity index (χ3n) is 6.07. The van der Waals surface area contributed by atoms with Crippen LogP contribution in [0.4, 0.5) is 10.5 Å². The van der Waals surface area contributed by atoms with E-state index < -0.39 is 27.3 Å². The molecule has 0 saturated carbocycles. The minimum Gasteiger partial charge on any atom is -0.490 e. The predicted octanol–water partition coefficient (Wildman–Crippen LogP) is 4.58. The molecule has 0 bridgehead atoms. The van der Waals surface area contributed by atoms with Gasteiger partial charge in [0.2, 0.25) is 10.0 Å². The summed E-state index contributed by atoms with van der Waals surface area (Å²) in [7, 11) is -4.19. The van der Waals surface area contributed by atoms with E-state index in [1.807, 2.05) is 20.8 Å². The lowest BCUT2D eigenvalue weighted by Crippen LogP contribution is -2.44. The number of hydrogen-bond donors (Lipinski definition) is 1. The third-order valence-corrected chi connectivity index (χ3v) is 7.70. The molecule has 1 aliphatic rings. The fourth-order valence-corrected chi connectivity index (χ4v) is 5.53. The van der Waals surface area contributed by atoms with Gasteiger partial charge in [-0.2, -0.15) is 5.26 Å². The largest absolute Gasteiger partial charge is 0.490 e. The minimum absolute atomic E-state index is 0.101. The highest BCUT2D eigenvalue weighted by atomic mass is 32.2. The number of nitrogens with zero attached hydrogens (tertiary/aromatic N) is 3. The van der Waals surface area contributed by atoms with Gasteiger partial charge in [-0.3, -0.25) is 9.10 Å². The number of rotatable bonds is 9. The van der Waals surface area contributed by atoms with E-state index in [-0.39, 0.29) is 18.7 Å². The number of benzene rings is 2. The van der Waals surface area contributed by atoms with Gasteiger partial charge in [-0.05, 0) is 69.2 Å². The molecule has 3 rings (SSSR count). The Morgan fingerprint density at radius 2 is 1.88 bits per heavy atom. The highest BCUT2D eigenvalue weighted by molar-refractivity contribution is 7.93. The van der Waals surface area contributed by atoms with Gasteiger partial charge in [0.15, 0.2) is 5.75 Å². The van der Waals surface area contributed by atoms with Crippen LogP contribution in [0.3, 0.4) is 0 Å². The predicted molar refractivity (Wildman–Crippen MR) is 152 cm³/mol. The van der Waals surface area contributed by atoms with E-state index in [1.165, 1.54) is 0 Å².